The van der Waals surface area contributed by atoms with Crippen molar-refractivity contribution in [2.24, 2.45) is 5.10 Å². The van der Waals surface area contributed by atoms with Crippen LogP contribution in [0.4, 0.5) is 0 Å². The van der Waals surface area contributed by atoms with Gasteiger partial charge in [-0.3, -0.25) is 0 Å². The molecule has 0 aliphatic rings. The lowest BCUT2D eigenvalue weighted by Crippen LogP contribution is -2.00. The van der Waals surface area contributed by atoms with Crippen LogP contribution in [0.1, 0.15) is 42.8 Å². The van der Waals surface area contributed by atoms with Gasteiger partial charge in [-0.1, -0.05) is 73.6 Å². The quantitative estimate of drug-likeness (QED) is 0.365. The fourth-order valence-corrected chi connectivity index (χ4v) is 3.56. The summed E-state index contributed by atoms with van der Waals surface area (Å²) >= 11 is 7.58. The highest BCUT2D eigenvalue weighted by Crippen LogP contribution is 2.23. The Morgan fingerprint density at radius 3 is 2.37 bits per heavy atom. The van der Waals surface area contributed by atoms with Crippen LogP contribution >= 0.6 is 23.4 Å². The van der Waals surface area contributed by atoms with Crippen molar-refractivity contribution in [1.29, 1.82) is 0 Å². The maximum atomic E-state index is 5.96. The molecule has 140 valence electrons. The number of aryl methyl sites for hydroxylation is 2. The molecule has 0 saturated carbocycles. The molecule has 0 saturated heterocycles. The molecule has 0 fully saturated rings. The lowest BCUT2D eigenvalue weighted by molar-refractivity contribution is 0.700. The Balaban J connectivity index is 1.77. The van der Waals surface area contributed by atoms with Gasteiger partial charge in [-0.2, -0.15) is 9.78 Å². The summed E-state index contributed by atoms with van der Waals surface area (Å²) in [5.41, 5.74) is 3.58. The van der Waals surface area contributed by atoms with Gasteiger partial charge < -0.3 is 0 Å². The smallest absolute Gasteiger partial charge is 0.191 e. The standard InChI is InChI=1S/C21H23ClN4S/c1-3-5-20-24-25-21(27-15-18-10-12-19(22)13-11-18)26(20)23-14-17-8-6-16(4-2)7-9-17/h6-14H,3-5,15H2,1-2H3/b23-14+. The van der Waals surface area contributed by atoms with Crippen LogP contribution < -0.4 is 0 Å². The van der Waals surface area contributed by atoms with Gasteiger partial charge in [-0.05, 0) is 41.7 Å². The van der Waals surface area contributed by atoms with E-state index in [-0.39, 0.29) is 0 Å². The molecule has 4 nitrogen and oxygen atoms in total. The molecular weight excluding hydrogens is 376 g/mol. The van der Waals surface area contributed by atoms with Gasteiger partial charge in [-0.25, -0.2) is 0 Å². The Bertz CT molecular complexity index is 886. The molecule has 0 bridgehead atoms. The molecule has 1 heterocycles. The van der Waals surface area contributed by atoms with E-state index in [0.717, 1.165) is 46.6 Å². The van der Waals surface area contributed by atoms with E-state index < -0.39 is 0 Å². The van der Waals surface area contributed by atoms with Gasteiger partial charge in [0.05, 0.1) is 6.21 Å². The third-order valence-electron chi connectivity index (χ3n) is 4.14. The summed E-state index contributed by atoms with van der Waals surface area (Å²) in [7, 11) is 0. The highest BCUT2D eigenvalue weighted by Gasteiger charge is 2.11. The molecule has 0 aliphatic heterocycles. The Labute approximate surface area is 169 Å². The topological polar surface area (TPSA) is 43.1 Å². The summed E-state index contributed by atoms with van der Waals surface area (Å²) in [6.45, 7) is 4.29. The minimum Gasteiger partial charge on any atom is -0.191 e. The van der Waals surface area contributed by atoms with E-state index in [1.165, 1.54) is 11.1 Å². The number of rotatable bonds is 8. The van der Waals surface area contributed by atoms with Crippen molar-refractivity contribution in [2.45, 2.75) is 44.0 Å². The largest absolute Gasteiger partial charge is 0.212 e. The fourth-order valence-electron chi connectivity index (χ4n) is 2.57. The van der Waals surface area contributed by atoms with Gasteiger partial charge >= 0.3 is 0 Å². The van der Waals surface area contributed by atoms with Gasteiger partial charge in [-0.15, -0.1) is 10.2 Å². The fraction of sp³-hybridized carbons (Fsp3) is 0.286. The molecule has 0 radical (unpaired) electrons. The average Bonchev–Trinajstić information content (AvgIpc) is 3.08. The average molecular weight is 399 g/mol. The summed E-state index contributed by atoms with van der Waals surface area (Å²) in [5.74, 6) is 1.68. The monoisotopic (exact) mass is 398 g/mol. The molecule has 0 atom stereocenters. The third-order valence-corrected chi connectivity index (χ3v) is 5.38. The zero-order valence-corrected chi connectivity index (χ0v) is 17.2. The maximum absolute atomic E-state index is 5.96. The molecule has 6 heteroatoms. The first kappa shape index (κ1) is 19.6. The number of halogens is 1. The third kappa shape index (κ3) is 5.44. The summed E-state index contributed by atoms with van der Waals surface area (Å²) in [4.78, 5) is 0. The molecule has 3 aromatic rings. The SMILES string of the molecule is CCCc1nnc(SCc2ccc(Cl)cc2)n1/N=C/c1ccc(CC)cc1. The Morgan fingerprint density at radius 1 is 1.00 bits per heavy atom. The molecule has 0 spiro atoms. The van der Waals surface area contributed by atoms with Gasteiger partial charge in [0.15, 0.2) is 5.82 Å². The molecule has 3 rings (SSSR count). The number of nitrogens with zero attached hydrogens (tertiary/aromatic N) is 4. The number of hydrogen-bond acceptors (Lipinski definition) is 4. The summed E-state index contributed by atoms with van der Waals surface area (Å²) in [6, 6.07) is 16.3. The molecule has 0 N–H and O–H groups in total. The first-order valence-corrected chi connectivity index (χ1v) is 10.5. The van der Waals surface area contributed by atoms with E-state index in [9.17, 15) is 0 Å². The van der Waals surface area contributed by atoms with Gasteiger partial charge in [0.2, 0.25) is 5.16 Å². The van der Waals surface area contributed by atoms with Crippen LogP contribution in [0.15, 0.2) is 58.8 Å². The van der Waals surface area contributed by atoms with Crippen LogP contribution in [0.25, 0.3) is 0 Å². The van der Waals surface area contributed by atoms with Gasteiger partial charge in [0, 0.05) is 17.2 Å². The number of hydrogen-bond donors (Lipinski definition) is 0. The second kappa shape index (κ2) is 9.72. The predicted molar refractivity (Wildman–Crippen MR) is 114 cm³/mol. The Hall–Kier alpha value is -2.11. The van der Waals surface area contributed by atoms with Gasteiger partial charge in [0.1, 0.15) is 0 Å². The van der Waals surface area contributed by atoms with Crippen molar-refractivity contribution >= 4 is 29.6 Å². The van der Waals surface area contributed by atoms with E-state index in [2.05, 4.69) is 53.4 Å². The van der Waals surface area contributed by atoms with Crippen LogP contribution in [0.2, 0.25) is 5.02 Å². The zero-order chi connectivity index (χ0) is 19.1. The van der Waals surface area contributed by atoms with Gasteiger partial charge in [0.25, 0.3) is 0 Å². The molecule has 0 aliphatic carbocycles. The van der Waals surface area contributed by atoms with Crippen LogP contribution in [0.3, 0.4) is 0 Å². The predicted octanol–water partition coefficient (Wildman–Crippen LogP) is 5.62. The number of aromatic nitrogens is 3. The highest BCUT2D eigenvalue weighted by atomic mass is 35.5. The first-order chi connectivity index (χ1) is 13.2. The van der Waals surface area contributed by atoms with Crippen molar-refractivity contribution in [1.82, 2.24) is 14.9 Å². The van der Waals surface area contributed by atoms with E-state index in [0.29, 0.717) is 0 Å². The van der Waals surface area contributed by atoms with Crippen LogP contribution in [-0.4, -0.2) is 21.1 Å². The van der Waals surface area contributed by atoms with Crippen LogP contribution in [0.5, 0.6) is 0 Å². The van der Waals surface area contributed by atoms with Crippen molar-refractivity contribution < 1.29 is 0 Å². The summed E-state index contributed by atoms with van der Waals surface area (Å²) in [5, 5.41) is 14.9. The molecule has 2 aromatic carbocycles. The Morgan fingerprint density at radius 2 is 1.70 bits per heavy atom. The zero-order valence-electron chi connectivity index (χ0n) is 15.6. The van der Waals surface area contributed by atoms with Crippen molar-refractivity contribution in [3.8, 4) is 0 Å². The second-order valence-electron chi connectivity index (χ2n) is 6.22. The Kier molecular flexibility index (Phi) is 7.07. The number of benzene rings is 2. The van der Waals surface area contributed by atoms with Crippen LogP contribution in [0, 0.1) is 0 Å². The second-order valence-corrected chi connectivity index (χ2v) is 7.59. The van der Waals surface area contributed by atoms with Crippen molar-refractivity contribution in [2.75, 3.05) is 0 Å². The lowest BCUT2D eigenvalue weighted by Gasteiger charge is -2.04. The summed E-state index contributed by atoms with van der Waals surface area (Å²) < 4.78 is 1.86. The van der Waals surface area contributed by atoms with Crippen molar-refractivity contribution in [3.05, 3.63) is 76.1 Å². The molecule has 1 aromatic heterocycles. The molecule has 0 amide bonds. The van der Waals surface area contributed by atoms with Crippen molar-refractivity contribution in [3.63, 3.8) is 0 Å². The number of thioether (sulfide) groups is 1. The normalized spacial score (nSPS) is 11.4. The van der Waals surface area contributed by atoms with E-state index in [1.54, 1.807) is 11.8 Å². The highest BCUT2D eigenvalue weighted by molar-refractivity contribution is 7.98. The van der Waals surface area contributed by atoms with E-state index >= 15 is 0 Å². The van der Waals surface area contributed by atoms with Crippen LogP contribution in [-0.2, 0) is 18.6 Å². The minimum absolute atomic E-state index is 0.746. The van der Waals surface area contributed by atoms with E-state index in [4.69, 9.17) is 11.6 Å². The first-order valence-electron chi connectivity index (χ1n) is 9.14. The molecule has 27 heavy (non-hydrogen) atoms. The van der Waals surface area contributed by atoms with E-state index in [1.807, 2.05) is 35.2 Å². The lowest BCUT2D eigenvalue weighted by atomic mass is 10.1. The summed E-state index contributed by atoms with van der Waals surface area (Å²) in [6.07, 6.45) is 4.75. The molecular formula is C21H23ClN4S. The minimum atomic E-state index is 0.746. The maximum Gasteiger partial charge on any atom is 0.212 e. The molecule has 0 unspecified atom stereocenters.